The third-order valence-electron chi connectivity index (χ3n) is 2.63. The zero-order valence-electron chi connectivity index (χ0n) is 9.42. The third kappa shape index (κ3) is 2.30. The maximum Gasteiger partial charge on any atom is 0.138 e. The van der Waals surface area contributed by atoms with Crippen molar-refractivity contribution in [2.75, 3.05) is 0 Å². The summed E-state index contributed by atoms with van der Waals surface area (Å²) in [6.07, 6.45) is 0. The van der Waals surface area contributed by atoms with E-state index in [1.807, 2.05) is 30.3 Å². The van der Waals surface area contributed by atoms with Crippen LogP contribution in [0, 0.1) is 6.07 Å². The average molecular weight is 405 g/mol. The molecule has 0 aliphatic rings. The van der Waals surface area contributed by atoms with E-state index in [0.29, 0.717) is 16.7 Å². The predicted molar refractivity (Wildman–Crippen MR) is 66.8 cm³/mol. The third-order valence-corrected chi connectivity index (χ3v) is 2.63. The second kappa shape index (κ2) is 5.32. The zero-order valence-corrected chi connectivity index (χ0v) is 12.4. The first-order valence-corrected chi connectivity index (χ1v) is 5.34. The van der Waals surface area contributed by atoms with Crippen LogP contribution < -0.4 is 5.43 Å². The molecule has 3 aromatic rings. The Bertz CT molecular complexity index is 717. The van der Waals surface area contributed by atoms with E-state index in [-0.39, 0.29) is 26.5 Å². The molecule has 0 fully saturated rings. The number of hydrogen-bond acceptors (Lipinski definition) is 2. The van der Waals surface area contributed by atoms with E-state index >= 15 is 0 Å². The van der Waals surface area contributed by atoms with Crippen LogP contribution in [-0.2, 0) is 21.1 Å². The van der Waals surface area contributed by atoms with Crippen LogP contribution in [0.25, 0.3) is 22.3 Å². The van der Waals surface area contributed by atoms with Gasteiger partial charge >= 0.3 is 0 Å². The monoisotopic (exact) mass is 405 g/mol. The molecule has 1 heterocycles. The fraction of sp³-hybridized carbons (Fsp3) is 0. The average Bonchev–Trinajstić information content (AvgIpc) is 2.40. The van der Waals surface area contributed by atoms with E-state index in [0.717, 1.165) is 5.56 Å². The van der Waals surface area contributed by atoms with Crippen molar-refractivity contribution in [3.05, 3.63) is 70.9 Å². The van der Waals surface area contributed by atoms with Gasteiger partial charge in [0.2, 0.25) is 0 Å². The molecule has 18 heavy (non-hydrogen) atoms. The summed E-state index contributed by atoms with van der Waals surface area (Å²) in [5.41, 5.74) is 1.45. The normalized spacial score (nSPS) is 10.0. The van der Waals surface area contributed by atoms with Gasteiger partial charge in [0, 0.05) is 38.3 Å². The largest absolute Gasteiger partial charge is 0.481 e. The maximum atomic E-state index is 11.9. The van der Waals surface area contributed by atoms with Gasteiger partial charge in [-0.15, -0.1) is 6.07 Å². The molecular weight excluding hydrogens is 396 g/mol. The molecule has 88 valence electrons. The summed E-state index contributed by atoms with van der Waals surface area (Å²) in [4.78, 5) is 11.9. The molecule has 0 amide bonds. The molecule has 0 saturated heterocycles. The van der Waals surface area contributed by atoms with Crippen LogP contribution in [-0.4, -0.2) is 0 Å². The first-order valence-electron chi connectivity index (χ1n) is 5.34. The smallest absolute Gasteiger partial charge is 0.138 e. The number of hydrogen-bond donors (Lipinski definition) is 0. The quantitative estimate of drug-likeness (QED) is 0.582. The zero-order chi connectivity index (χ0) is 11.7. The molecule has 2 nitrogen and oxygen atoms in total. The minimum Gasteiger partial charge on any atom is -0.481 e. The van der Waals surface area contributed by atoms with Gasteiger partial charge in [0.05, 0.1) is 0 Å². The maximum absolute atomic E-state index is 11.9. The molecule has 0 unspecified atom stereocenters. The standard InChI is InChI=1S/C15H9O2.W/c16-13-10-15(11-6-2-1-3-7-11)17-14-9-5-4-8-12(13)14;/h1-3,5-10H;/q-1;. The van der Waals surface area contributed by atoms with Gasteiger partial charge < -0.3 is 9.21 Å². The molecule has 1 aromatic heterocycles. The number of benzene rings is 2. The van der Waals surface area contributed by atoms with Crippen molar-refractivity contribution in [1.29, 1.82) is 0 Å². The summed E-state index contributed by atoms with van der Waals surface area (Å²) in [6, 6.07) is 19.1. The minimum atomic E-state index is -0.0399. The second-order valence-electron chi connectivity index (χ2n) is 3.76. The Balaban J connectivity index is 0.00000120. The van der Waals surface area contributed by atoms with Gasteiger partial charge in [-0.05, 0) is 5.39 Å². The molecule has 0 aliphatic heterocycles. The van der Waals surface area contributed by atoms with Crippen molar-refractivity contribution in [3.8, 4) is 11.3 Å². The summed E-state index contributed by atoms with van der Waals surface area (Å²) in [5, 5.41) is 0.562. The molecular formula is C15H9O2W-. The molecule has 0 radical (unpaired) electrons. The molecule has 0 N–H and O–H groups in total. The fourth-order valence-corrected chi connectivity index (χ4v) is 1.79. The van der Waals surface area contributed by atoms with Gasteiger partial charge in [-0.25, -0.2) is 0 Å². The number of fused-ring (bicyclic) bond motifs is 1. The molecule has 0 saturated carbocycles. The molecule has 3 heteroatoms. The Kier molecular flexibility index (Phi) is 3.78. The van der Waals surface area contributed by atoms with E-state index in [9.17, 15) is 4.79 Å². The van der Waals surface area contributed by atoms with E-state index in [4.69, 9.17) is 4.42 Å². The van der Waals surface area contributed by atoms with Gasteiger partial charge in [-0.1, -0.05) is 30.3 Å². The van der Waals surface area contributed by atoms with Crippen LogP contribution in [0.1, 0.15) is 0 Å². The Morgan fingerprint density at radius 3 is 2.61 bits per heavy atom. The van der Waals surface area contributed by atoms with Gasteiger partial charge in [-0.3, -0.25) is 0 Å². The van der Waals surface area contributed by atoms with E-state index in [2.05, 4.69) is 6.07 Å². The van der Waals surface area contributed by atoms with Crippen molar-refractivity contribution in [3.63, 3.8) is 0 Å². The van der Waals surface area contributed by atoms with Gasteiger partial charge in [-0.2, -0.15) is 18.2 Å². The van der Waals surface area contributed by atoms with Gasteiger partial charge in [0.1, 0.15) is 11.2 Å². The van der Waals surface area contributed by atoms with Gasteiger partial charge in [0.15, 0.2) is 0 Å². The Morgan fingerprint density at radius 2 is 1.83 bits per heavy atom. The minimum absolute atomic E-state index is 0. The van der Waals surface area contributed by atoms with Crippen molar-refractivity contribution >= 4 is 11.0 Å². The SMILES string of the molecule is O=c1cc(-c2ccccc2)oc2cc[c-]cc12.[W]. The molecule has 2 aromatic carbocycles. The van der Waals surface area contributed by atoms with Crippen LogP contribution in [0.3, 0.4) is 0 Å². The molecule has 0 atom stereocenters. The summed E-state index contributed by atoms with van der Waals surface area (Å²) < 4.78 is 5.71. The topological polar surface area (TPSA) is 30.2 Å². The Morgan fingerprint density at radius 1 is 1.06 bits per heavy atom. The predicted octanol–water partition coefficient (Wildman–Crippen LogP) is 3.26. The molecule has 0 aliphatic carbocycles. The van der Waals surface area contributed by atoms with E-state index < -0.39 is 0 Å². The van der Waals surface area contributed by atoms with Crippen LogP contribution in [0.15, 0.2) is 63.8 Å². The van der Waals surface area contributed by atoms with Crippen LogP contribution in [0.5, 0.6) is 0 Å². The Hall–Kier alpha value is -1.66. The molecule has 0 bridgehead atoms. The summed E-state index contributed by atoms with van der Waals surface area (Å²) in [6.45, 7) is 0. The van der Waals surface area contributed by atoms with Crippen LogP contribution >= 0.6 is 0 Å². The van der Waals surface area contributed by atoms with E-state index in [1.165, 1.54) is 6.07 Å². The van der Waals surface area contributed by atoms with E-state index in [1.54, 1.807) is 18.2 Å². The fourth-order valence-electron chi connectivity index (χ4n) is 1.79. The van der Waals surface area contributed by atoms with Crippen molar-refractivity contribution in [2.45, 2.75) is 0 Å². The Labute approximate surface area is 119 Å². The first-order chi connectivity index (χ1) is 8.34. The molecule has 0 spiro atoms. The van der Waals surface area contributed by atoms with Crippen molar-refractivity contribution in [2.24, 2.45) is 0 Å². The summed E-state index contributed by atoms with van der Waals surface area (Å²) in [7, 11) is 0. The van der Waals surface area contributed by atoms with Crippen molar-refractivity contribution in [1.82, 2.24) is 0 Å². The summed E-state index contributed by atoms with van der Waals surface area (Å²) in [5.74, 6) is 0.592. The van der Waals surface area contributed by atoms with Crippen molar-refractivity contribution < 1.29 is 25.5 Å². The molecule has 3 rings (SSSR count). The number of rotatable bonds is 1. The van der Waals surface area contributed by atoms with Crippen LogP contribution in [0.2, 0.25) is 0 Å². The van der Waals surface area contributed by atoms with Crippen LogP contribution in [0.4, 0.5) is 0 Å². The van der Waals surface area contributed by atoms with Gasteiger partial charge in [0.25, 0.3) is 0 Å². The summed E-state index contributed by atoms with van der Waals surface area (Å²) >= 11 is 0. The second-order valence-corrected chi connectivity index (χ2v) is 3.76. The first kappa shape index (κ1) is 12.8.